The van der Waals surface area contributed by atoms with Gasteiger partial charge in [0, 0.05) is 64.3 Å². The lowest BCUT2D eigenvalue weighted by atomic mass is 9.87. The van der Waals surface area contributed by atoms with Crippen molar-refractivity contribution in [3.63, 3.8) is 0 Å². The molecule has 0 radical (unpaired) electrons. The van der Waals surface area contributed by atoms with Crippen LogP contribution in [0.15, 0.2) is 41.8 Å². The summed E-state index contributed by atoms with van der Waals surface area (Å²) >= 11 is 14.9. The molecule has 3 saturated carbocycles. The Morgan fingerprint density at radius 3 is 2.34 bits per heavy atom. The van der Waals surface area contributed by atoms with E-state index in [-0.39, 0.29) is 42.3 Å². The van der Waals surface area contributed by atoms with E-state index >= 15 is 0 Å². The lowest BCUT2D eigenvalue weighted by Gasteiger charge is -2.48. The number of nitrogens with zero attached hydrogens (tertiary/aromatic N) is 3. The van der Waals surface area contributed by atoms with E-state index in [4.69, 9.17) is 27.9 Å². The number of hydrogen-bond donors (Lipinski definition) is 2. The molecule has 3 aromatic rings. The summed E-state index contributed by atoms with van der Waals surface area (Å²) < 4.78 is 7.43. The number of carbonyl (C=O) groups excluding carboxylic acids is 2. The van der Waals surface area contributed by atoms with Gasteiger partial charge in [-0.15, -0.1) is 11.3 Å². The van der Waals surface area contributed by atoms with Crippen LogP contribution >= 0.6 is 34.5 Å². The molecule has 0 spiro atoms. The fourth-order valence-electron chi connectivity index (χ4n) is 8.39. The summed E-state index contributed by atoms with van der Waals surface area (Å²) in [7, 11) is 0. The highest BCUT2D eigenvalue weighted by molar-refractivity contribution is 7.17. The van der Waals surface area contributed by atoms with Gasteiger partial charge in [-0.3, -0.25) is 24.2 Å². The van der Waals surface area contributed by atoms with Gasteiger partial charge in [0.25, 0.3) is 5.91 Å². The zero-order chi connectivity index (χ0) is 34.5. The Labute approximate surface area is 306 Å². The molecule has 3 heterocycles. The van der Waals surface area contributed by atoms with Crippen molar-refractivity contribution in [2.24, 2.45) is 5.92 Å². The fraction of sp³-hybridized carbons (Fsp3) is 0.553. The van der Waals surface area contributed by atoms with Crippen LogP contribution in [0, 0.1) is 5.92 Å². The van der Waals surface area contributed by atoms with Crippen LogP contribution in [0.25, 0.3) is 10.1 Å². The van der Waals surface area contributed by atoms with Gasteiger partial charge >= 0.3 is 5.97 Å². The molecule has 3 aliphatic carbocycles. The maximum absolute atomic E-state index is 14.1. The lowest BCUT2D eigenvalue weighted by Crippen LogP contribution is -2.63. The first-order valence-corrected chi connectivity index (χ1v) is 19.8. The molecule has 2 aliphatic heterocycles. The molecule has 8 rings (SSSR count). The third-order valence-corrected chi connectivity index (χ3v) is 13.1. The van der Waals surface area contributed by atoms with Gasteiger partial charge in [0.15, 0.2) is 0 Å². The number of nitrogens with one attached hydrogen (secondary N) is 1. The Hall–Kier alpha value is -2.73. The number of amides is 2. The summed E-state index contributed by atoms with van der Waals surface area (Å²) in [6.07, 6.45) is 9.00. The molecular weight excluding hydrogens is 695 g/mol. The third-order valence-electron chi connectivity index (χ3n) is 11.5. The van der Waals surface area contributed by atoms with Gasteiger partial charge in [0.2, 0.25) is 5.91 Å². The largest absolute Gasteiger partial charge is 0.481 e. The highest BCUT2D eigenvalue weighted by Gasteiger charge is 2.49. The number of aliphatic carboxylic acids is 1. The van der Waals surface area contributed by atoms with Gasteiger partial charge in [-0.2, -0.15) is 0 Å². The molecule has 2 amide bonds. The zero-order valence-electron chi connectivity index (χ0n) is 28.1. The second-order valence-corrected chi connectivity index (χ2v) is 16.7. The maximum atomic E-state index is 14.1. The van der Waals surface area contributed by atoms with Gasteiger partial charge in [-0.1, -0.05) is 41.4 Å². The number of ether oxygens (including phenoxy) is 1. The van der Waals surface area contributed by atoms with E-state index in [1.807, 2.05) is 34.5 Å². The van der Waals surface area contributed by atoms with E-state index in [2.05, 4.69) is 15.1 Å². The summed E-state index contributed by atoms with van der Waals surface area (Å²) in [4.78, 5) is 46.0. The van der Waals surface area contributed by atoms with Crippen molar-refractivity contribution < 1.29 is 24.2 Å². The van der Waals surface area contributed by atoms with Gasteiger partial charge in [-0.05, 0) is 81.5 Å². The van der Waals surface area contributed by atoms with Crippen molar-refractivity contribution >= 4 is 68.1 Å². The van der Waals surface area contributed by atoms with E-state index in [0.717, 1.165) is 54.5 Å². The Balaban J connectivity index is 0.928. The zero-order valence-corrected chi connectivity index (χ0v) is 30.4. The number of thiophene rings is 1. The second kappa shape index (κ2) is 14.4. The molecule has 2 atom stereocenters. The minimum Gasteiger partial charge on any atom is -0.481 e. The topological polar surface area (TPSA) is 102 Å². The average molecular weight is 740 g/mol. The number of rotatable bonds is 12. The SMILES string of the molecule is O=C(Nc1cc(Cl)c(CC(=O)N2C[C@@H](N3CC(N(C4CC4)C4CC4)C3)C[C@H]2COC2CCC(C(=O)O)CC2)cc1Cl)c1csc2ccccc12. The van der Waals surface area contributed by atoms with Crippen LogP contribution in [0.5, 0.6) is 0 Å². The summed E-state index contributed by atoms with van der Waals surface area (Å²) in [5, 5.41) is 15.7. The van der Waals surface area contributed by atoms with E-state index in [1.54, 1.807) is 12.1 Å². The normalized spacial score (nSPS) is 26.0. The number of likely N-dealkylation sites (tertiary alicyclic amines) is 2. The minimum atomic E-state index is -0.723. The minimum absolute atomic E-state index is 0.0173. The molecule has 50 heavy (non-hydrogen) atoms. The molecule has 5 aliphatic rings. The first kappa shape index (κ1) is 34.4. The lowest BCUT2D eigenvalue weighted by molar-refractivity contribution is -0.144. The van der Waals surface area contributed by atoms with Crippen molar-refractivity contribution in [1.29, 1.82) is 0 Å². The maximum Gasteiger partial charge on any atom is 0.306 e. The molecule has 2 aromatic carbocycles. The van der Waals surface area contributed by atoms with Crippen LogP contribution < -0.4 is 5.32 Å². The predicted molar refractivity (Wildman–Crippen MR) is 196 cm³/mol. The van der Waals surface area contributed by atoms with E-state index in [9.17, 15) is 19.5 Å². The highest BCUT2D eigenvalue weighted by Crippen LogP contribution is 2.42. The molecule has 0 unspecified atom stereocenters. The van der Waals surface area contributed by atoms with Crippen molar-refractivity contribution in [2.45, 2.75) is 101 Å². The number of halogens is 2. The van der Waals surface area contributed by atoms with Gasteiger partial charge < -0.3 is 20.1 Å². The molecule has 2 N–H and O–H groups in total. The summed E-state index contributed by atoms with van der Waals surface area (Å²) in [6.45, 7) is 3.20. The van der Waals surface area contributed by atoms with Crippen LogP contribution in [0.4, 0.5) is 5.69 Å². The predicted octanol–water partition coefficient (Wildman–Crippen LogP) is 6.94. The Morgan fingerprint density at radius 1 is 0.920 bits per heavy atom. The number of hydrogen-bond acceptors (Lipinski definition) is 7. The number of carboxylic acid groups (broad SMARTS) is 1. The summed E-state index contributed by atoms with van der Waals surface area (Å²) in [5.74, 6) is -1.30. The molecule has 5 fully saturated rings. The van der Waals surface area contributed by atoms with Crippen LogP contribution in [0.1, 0.15) is 73.7 Å². The monoisotopic (exact) mass is 738 g/mol. The fourth-order valence-corrected chi connectivity index (χ4v) is 9.79. The molecule has 0 bridgehead atoms. The number of anilines is 1. The number of benzene rings is 2. The molecular formula is C38H44Cl2N4O5S. The van der Waals surface area contributed by atoms with Crippen molar-refractivity contribution in [1.82, 2.24) is 14.7 Å². The Morgan fingerprint density at radius 2 is 1.64 bits per heavy atom. The van der Waals surface area contributed by atoms with Crippen molar-refractivity contribution in [2.75, 3.05) is 31.6 Å². The first-order valence-electron chi connectivity index (χ1n) is 18.1. The molecule has 2 saturated heterocycles. The first-order chi connectivity index (χ1) is 24.2. The van der Waals surface area contributed by atoms with Crippen LogP contribution in [-0.2, 0) is 20.7 Å². The quantitative estimate of drug-likeness (QED) is 0.208. The van der Waals surface area contributed by atoms with Gasteiger partial charge in [0.05, 0.1) is 47.4 Å². The van der Waals surface area contributed by atoms with Gasteiger partial charge in [-0.25, -0.2) is 0 Å². The summed E-state index contributed by atoms with van der Waals surface area (Å²) in [6, 6.07) is 13.5. The van der Waals surface area contributed by atoms with E-state index in [1.165, 1.54) is 37.0 Å². The Bertz CT molecular complexity index is 1750. The number of fused-ring (bicyclic) bond motifs is 1. The second-order valence-electron chi connectivity index (χ2n) is 15.0. The molecule has 266 valence electrons. The van der Waals surface area contributed by atoms with Crippen LogP contribution in [-0.4, -0.2) is 100 Å². The third kappa shape index (κ3) is 7.30. The number of carboxylic acids is 1. The van der Waals surface area contributed by atoms with Crippen LogP contribution in [0.2, 0.25) is 10.0 Å². The molecule has 12 heteroatoms. The highest BCUT2D eigenvalue weighted by atomic mass is 35.5. The number of carbonyl (C=O) groups is 3. The summed E-state index contributed by atoms with van der Waals surface area (Å²) in [5.41, 5.74) is 1.59. The van der Waals surface area contributed by atoms with E-state index < -0.39 is 5.97 Å². The molecule has 9 nitrogen and oxygen atoms in total. The average Bonchev–Trinajstić information content (AvgIpc) is 4.02. The Kier molecular flexibility index (Phi) is 9.87. The standard InChI is InChI=1S/C38H44Cl2N4O5S/c39-32-16-34(41-37(46)31-21-50-35-4-2-1-3-30(31)35)33(40)13-23(32)14-36(45)43-19-26(42-17-28(18-42)44(24-7-8-24)25-9-10-25)15-27(43)20-49-29-11-5-22(6-12-29)38(47)48/h1-4,13,16,21-22,24-29H,5-12,14-15,17-20H2,(H,41,46)(H,47,48)/t22?,26-,27-,29?/m0/s1. The smallest absolute Gasteiger partial charge is 0.306 e. The molecule has 1 aromatic heterocycles. The van der Waals surface area contributed by atoms with Gasteiger partial charge in [0.1, 0.15) is 0 Å². The van der Waals surface area contributed by atoms with Crippen molar-refractivity contribution in [3.05, 3.63) is 63.0 Å². The van der Waals surface area contributed by atoms with E-state index in [0.29, 0.717) is 58.9 Å². The van der Waals surface area contributed by atoms with Crippen LogP contribution in [0.3, 0.4) is 0 Å². The van der Waals surface area contributed by atoms with Crippen molar-refractivity contribution in [3.8, 4) is 0 Å².